The molecule has 0 aromatic heterocycles. The quantitative estimate of drug-likeness (QED) is 0.375. The van der Waals surface area contributed by atoms with Crippen LogP contribution in [0.2, 0.25) is 0 Å². The summed E-state index contributed by atoms with van der Waals surface area (Å²) in [5, 5.41) is 40.4. The maximum Gasteiger partial charge on any atom is 0.186 e. The van der Waals surface area contributed by atoms with Crippen molar-refractivity contribution in [3.8, 4) is 0 Å². The van der Waals surface area contributed by atoms with Crippen molar-refractivity contribution in [1.29, 1.82) is 0 Å². The van der Waals surface area contributed by atoms with Crippen LogP contribution >= 0.6 is 0 Å². The van der Waals surface area contributed by atoms with Gasteiger partial charge in [-0.25, -0.2) is 0 Å². The predicted molar refractivity (Wildman–Crippen MR) is 150 cm³/mol. The molecule has 8 heteroatoms. The Morgan fingerprint density at radius 3 is 2.34 bits per heavy atom. The maximum atomic E-state index is 10.5. The van der Waals surface area contributed by atoms with Gasteiger partial charge in [0.15, 0.2) is 12.1 Å². The van der Waals surface area contributed by atoms with E-state index < -0.39 is 37.3 Å². The Morgan fingerprint density at radius 1 is 0.829 bits per heavy atom. The van der Waals surface area contributed by atoms with E-state index in [-0.39, 0.29) is 17.3 Å². The smallest absolute Gasteiger partial charge is 0.186 e. The summed E-state index contributed by atoms with van der Waals surface area (Å²) < 4.78 is 25.4. The molecular formula is C33H54O8. The van der Waals surface area contributed by atoms with Gasteiger partial charge < -0.3 is 39.4 Å². The molecule has 0 aromatic carbocycles. The number of fused-ring (bicyclic) bond motifs is 7. The maximum absolute atomic E-state index is 10.5. The minimum absolute atomic E-state index is 0.0607. The second kappa shape index (κ2) is 10.4. The Hall–Kier alpha value is -0.320. The van der Waals surface area contributed by atoms with Gasteiger partial charge in [0.1, 0.15) is 24.4 Å². The summed E-state index contributed by atoms with van der Waals surface area (Å²) in [7, 11) is 0. The summed E-state index contributed by atoms with van der Waals surface area (Å²) in [5.41, 5.74) is 0.612. The van der Waals surface area contributed by atoms with E-state index in [9.17, 15) is 20.4 Å². The Bertz CT molecular complexity index is 967. The summed E-state index contributed by atoms with van der Waals surface area (Å²) in [6.07, 6.45) is 5.64. The number of ether oxygens (including phenoxy) is 4. The van der Waals surface area contributed by atoms with Crippen LogP contribution in [0.4, 0.5) is 0 Å². The van der Waals surface area contributed by atoms with Crippen LogP contribution < -0.4 is 0 Å². The molecule has 3 saturated heterocycles. The molecule has 234 valence electrons. The summed E-state index contributed by atoms with van der Waals surface area (Å²) >= 11 is 0. The Kier molecular flexibility index (Phi) is 7.43. The normalized spacial score (nSPS) is 60.3. The van der Waals surface area contributed by atoms with E-state index in [0.717, 1.165) is 50.0 Å². The number of aliphatic hydroxyl groups excluding tert-OH is 4. The lowest BCUT2D eigenvalue weighted by Gasteiger charge is -2.61. The predicted octanol–water partition coefficient (Wildman–Crippen LogP) is 3.62. The monoisotopic (exact) mass is 578 g/mol. The van der Waals surface area contributed by atoms with Gasteiger partial charge in [-0.3, -0.25) is 0 Å². The first-order chi connectivity index (χ1) is 19.5. The van der Waals surface area contributed by atoms with E-state index in [1.165, 1.54) is 38.5 Å². The molecule has 7 aliphatic rings. The van der Waals surface area contributed by atoms with E-state index >= 15 is 0 Å². The molecule has 15 unspecified atom stereocenters. The average Bonchev–Trinajstić information content (AvgIpc) is 3.40. The first kappa shape index (κ1) is 29.4. The topological polar surface area (TPSA) is 118 Å². The Labute approximate surface area is 245 Å². The van der Waals surface area contributed by atoms with Gasteiger partial charge in [0.25, 0.3) is 0 Å². The van der Waals surface area contributed by atoms with Gasteiger partial charge in [-0.05, 0) is 104 Å². The van der Waals surface area contributed by atoms with Crippen molar-refractivity contribution < 1.29 is 39.4 Å². The van der Waals surface area contributed by atoms with Crippen LogP contribution in [0.25, 0.3) is 0 Å². The molecule has 0 amide bonds. The van der Waals surface area contributed by atoms with Crippen molar-refractivity contribution in [2.24, 2.45) is 52.3 Å². The highest BCUT2D eigenvalue weighted by atomic mass is 16.7. The molecule has 0 bridgehead atoms. The molecule has 3 heterocycles. The van der Waals surface area contributed by atoms with Crippen LogP contribution in [0.15, 0.2) is 0 Å². The number of aliphatic hydroxyl groups is 4. The van der Waals surface area contributed by atoms with Crippen LogP contribution in [-0.4, -0.2) is 82.3 Å². The first-order valence-corrected chi connectivity index (χ1v) is 16.8. The van der Waals surface area contributed by atoms with E-state index in [0.29, 0.717) is 35.2 Å². The second-order valence-corrected chi connectivity index (χ2v) is 15.9. The molecule has 1 spiro atoms. The van der Waals surface area contributed by atoms with E-state index in [1.54, 1.807) is 0 Å². The van der Waals surface area contributed by atoms with Crippen molar-refractivity contribution in [3.63, 3.8) is 0 Å². The van der Waals surface area contributed by atoms with Crippen molar-refractivity contribution in [1.82, 2.24) is 0 Å². The van der Waals surface area contributed by atoms with Crippen LogP contribution in [0.3, 0.4) is 0 Å². The fourth-order valence-electron chi connectivity index (χ4n) is 11.7. The molecule has 7 rings (SSSR count). The molecule has 4 aliphatic carbocycles. The highest BCUT2D eigenvalue weighted by molar-refractivity contribution is 5.15. The molecule has 17 atom stereocenters. The fraction of sp³-hybridized carbons (Fsp3) is 1.00. The summed E-state index contributed by atoms with van der Waals surface area (Å²) in [6.45, 7) is 10.3. The molecule has 41 heavy (non-hydrogen) atoms. The van der Waals surface area contributed by atoms with Gasteiger partial charge in [-0.15, -0.1) is 0 Å². The first-order valence-electron chi connectivity index (χ1n) is 16.8. The lowest BCUT2D eigenvalue weighted by Crippen LogP contribution is -2.60. The Balaban J connectivity index is 1.03. The molecule has 8 nitrogen and oxygen atoms in total. The van der Waals surface area contributed by atoms with Crippen LogP contribution in [0, 0.1) is 52.3 Å². The number of hydrogen-bond donors (Lipinski definition) is 4. The molecule has 7 fully saturated rings. The van der Waals surface area contributed by atoms with Crippen molar-refractivity contribution >= 4 is 0 Å². The summed E-state index contributed by atoms with van der Waals surface area (Å²) in [5.74, 6) is 4.08. The fourth-order valence-corrected chi connectivity index (χ4v) is 11.7. The minimum Gasteiger partial charge on any atom is -0.394 e. The van der Waals surface area contributed by atoms with Crippen LogP contribution in [0.1, 0.15) is 91.9 Å². The van der Waals surface area contributed by atoms with Gasteiger partial charge in [0, 0.05) is 12.3 Å². The molecule has 4 saturated carbocycles. The van der Waals surface area contributed by atoms with Gasteiger partial charge in [-0.1, -0.05) is 27.7 Å². The Morgan fingerprint density at radius 2 is 1.61 bits per heavy atom. The largest absolute Gasteiger partial charge is 0.394 e. The third-order valence-electron chi connectivity index (χ3n) is 14.1. The van der Waals surface area contributed by atoms with Gasteiger partial charge in [0.2, 0.25) is 0 Å². The van der Waals surface area contributed by atoms with E-state index in [2.05, 4.69) is 27.7 Å². The van der Waals surface area contributed by atoms with E-state index in [4.69, 9.17) is 18.9 Å². The molecule has 3 aliphatic heterocycles. The third-order valence-corrected chi connectivity index (χ3v) is 14.1. The lowest BCUT2D eigenvalue weighted by molar-refractivity contribution is -0.316. The minimum atomic E-state index is -1.40. The van der Waals surface area contributed by atoms with Gasteiger partial charge in [-0.2, -0.15) is 0 Å². The van der Waals surface area contributed by atoms with Crippen molar-refractivity contribution in [2.75, 3.05) is 13.2 Å². The summed E-state index contributed by atoms with van der Waals surface area (Å²) in [6, 6.07) is 0. The van der Waals surface area contributed by atoms with Crippen LogP contribution in [0.5, 0.6) is 0 Å². The standard InChI is InChI=1S/C33H54O8/c1-17-7-12-33(38-16-17)18(2)26-24(41-33)14-23-21-6-5-19-13-20(8-10-31(19,3)22(21)9-11-32(23,26)4)39-30-29(37)28(36)27(35)25(15-34)40-30/h17-30,34-37H,5-16H2,1-4H3/t17?,18-,19+,20?,21?,22?,23?,24?,25?,26?,27?,28?,29?,30?,31?,32?,33?/m0/s1. The zero-order valence-electron chi connectivity index (χ0n) is 25.5. The summed E-state index contributed by atoms with van der Waals surface area (Å²) in [4.78, 5) is 0. The van der Waals surface area contributed by atoms with Crippen LogP contribution in [-0.2, 0) is 18.9 Å². The second-order valence-electron chi connectivity index (χ2n) is 15.9. The zero-order chi connectivity index (χ0) is 28.9. The van der Waals surface area contributed by atoms with Gasteiger partial charge >= 0.3 is 0 Å². The SMILES string of the molecule is CC1CCC2(OC1)OC1CC3C4CC[C@@H]5CC(OC6OC(CO)C(O)C(O)C6O)CCC5(C)C4CCC3(C)C1[C@@H]2C. The third kappa shape index (κ3) is 4.36. The number of hydrogen-bond acceptors (Lipinski definition) is 8. The highest BCUT2D eigenvalue weighted by Gasteiger charge is 2.69. The van der Waals surface area contributed by atoms with Crippen molar-refractivity contribution in [3.05, 3.63) is 0 Å². The molecular weight excluding hydrogens is 524 g/mol. The van der Waals surface area contributed by atoms with Crippen molar-refractivity contribution in [2.45, 2.75) is 141 Å². The number of rotatable bonds is 3. The molecule has 0 radical (unpaired) electrons. The molecule has 4 N–H and O–H groups in total. The highest BCUT2D eigenvalue weighted by Crippen LogP contribution is 2.71. The van der Waals surface area contributed by atoms with E-state index in [1.807, 2.05) is 0 Å². The zero-order valence-corrected chi connectivity index (χ0v) is 25.5. The van der Waals surface area contributed by atoms with Gasteiger partial charge in [0.05, 0.1) is 25.4 Å². The lowest BCUT2D eigenvalue weighted by atomic mass is 9.44. The average molecular weight is 579 g/mol. The molecule has 0 aromatic rings.